The molecule has 2 aromatic heterocycles. The first kappa shape index (κ1) is 26.9. The van der Waals surface area contributed by atoms with Crippen LogP contribution in [0.1, 0.15) is 31.9 Å². The molecule has 1 fully saturated rings. The summed E-state index contributed by atoms with van der Waals surface area (Å²) in [7, 11) is 1.68. The van der Waals surface area contributed by atoms with E-state index in [0.29, 0.717) is 28.8 Å². The molecule has 1 saturated heterocycles. The first-order valence-electron chi connectivity index (χ1n) is 11.3. The minimum absolute atomic E-state index is 0.0812. The Hall–Kier alpha value is -3.18. The molecule has 0 radical (unpaired) electrons. The zero-order chi connectivity index (χ0) is 26.5. The number of anilines is 1. The lowest BCUT2D eigenvalue weighted by atomic mass is 10.0. The maximum absolute atomic E-state index is 13.1. The number of carbonyl (C=O) groups is 3. The van der Waals surface area contributed by atoms with E-state index in [1.165, 1.54) is 33.1 Å². The van der Waals surface area contributed by atoms with E-state index in [9.17, 15) is 19.5 Å². The number of β-lactam (4-membered cyclic amide) rings is 1. The minimum atomic E-state index is -1.21. The number of tetrazole rings is 1. The number of hydrogen-bond acceptors (Lipinski definition) is 13. The quantitative estimate of drug-likeness (QED) is 0.107. The number of rotatable bonds is 12. The number of nitrogens with one attached hydrogen (secondary N) is 1. The summed E-state index contributed by atoms with van der Waals surface area (Å²) >= 11 is 3.79. The molecule has 14 nitrogen and oxygen atoms in total. The van der Waals surface area contributed by atoms with Gasteiger partial charge in [0.2, 0.25) is 5.16 Å². The smallest absolute Gasteiger partial charge is 0.352 e. The van der Waals surface area contributed by atoms with E-state index in [4.69, 9.17) is 10.6 Å². The van der Waals surface area contributed by atoms with Crippen LogP contribution in [-0.2, 0) is 26.3 Å². The standard InChI is InChI=1S/C20H25N9O5S3/c1-3-4-5-6-34-25-12(11-9-36-19(21)22-11)15(30)23-13-16(31)29-14(18(32)33)10(7-35-17(13)29)8-37-20-24-26-27-28(20)2/h9,13,17H,3-8H2,1-2H3,(H2,21,22)(H,23,30)(H,32,33)/b25-12-/t13?,17-/m1/s1. The Labute approximate surface area is 224 Å². The van der Waals surface area contributed by atoms with Crippen molar-refractivity contribution in [2.75, 3.05) is 23.8 Å². The van der Waals surface area contributed by atoms with Gasteiger partial charge in [-0.15, -0.1) is 28.2 Å². The number of aromatic nitrogens is 5. The normalized spacial score (nSPS) is 19.5. The molecule has 17 heteroatoms. The molecule has 2 atom stereocenters. The van der Waals surface area contributed by atoms with Crippen molar-refractivity contribution in [2.24, 2.45) is 12.2 Å². The average molecular weight is 568 g/mol. The molecule has 2 aliphatic heterocycles. The number of thioether (sulfide) groups is 2. The fraction of sp³-hybridized carbons (Fsp3) is 0.500. The molecule has 198 valence electrons. The van der Waals surface area contributed by atoms with E-state index < -0.39 is 29.2 Å². The van der Waals surface area contributed by atoms with Gasteiger partial charge in [0, 0.05) is 23.9 Å². The van der Waals surface area contributed by atoms with E-state index in [1.54, 1.807) is 12.4 Å². The van der Waals surface area contributed by atoms with E-state index in [1.807, 2.05) is 0 Å². The molecule has 0 aromatic carbocycles. The third-order valence-corrected chi connectivity index (χ3v) is 8.58. The highest BCUT2D eigenvalue weighted by molar-refractivity contribution is 8.01. The number of unbranched alkanes of at least 4 members (excludes halogenated alkanes) is 2. The van der Waals surface area contributed by atoms with Crippen LogP contribution in [0.5, 0.6) is 0 Å². The fourth-order valence-corrected chi connectivity index (χ4v) is 6.51. The molecule has 0 saturated carbocycles. The number of hydrogen-bond donors (Lipinski definition) is 3. The van der Waals surface area contributed by atoms with E-state index in [0.717, 1.165) is 30.6 Å². The Bertz CT molecular complexity index is 1240. The van der Waals surface area contributed by atoms with Crippen molar-refractivity contribution in [3.8, 4) is 0 Å². The predicted molar refractivity (Wildman–Crippen MR) is 138 cm³/mol. The Morgan fingerprint density at radius 1 is 1.41 bits per heavy atom. The number of amides is 2. The van der Waals surface area contributed by atoms with Gasteiger partial charge in [0.15, 0.2) is 10.8 Å². The number of oxime groups is 1. The van der Waals surface area contributed by atoms with Gasteiger partial charge in [-0.3, -0.25) is 14.5 Å². The number of fused-ring (bicyclic) bond motifs is 1. The number of aliphatic carboxylic acids is 1. The van der Waals surface area contributed by atoms with Gasteiger partial charge in [-0.25, -0.2) is 14.5 Å². The van der Waals surface area contributed by atoms with Gasteiger partial charge < -0.3 is 21.0 Å². The Kier molecular flexibility index (Phi) is 8.65. The van der Waals surface area contributed by atoms with Crippen LogP contribution in [0.15, 0.2) is 27.0 Å². The lowest BCUT2D eigenvalue weighted by molar-refractivity contribution is -0.150. The number of carboxylic acids is 1. The number of thiazole rings is 1. The maximum atomic E-state index is 13.1. The third-order valence-electron chi connectivity index (χ3n) is 5.47. The monoisotopic (exact) mass is 567 g/mol. The van der Waals surface area contributed by atoms with Crippen LogP contribution in [0.2, 0.25) is 0 Å². The summed E-state index contributed by atoms with van der Waals surface area (Å²) in [6, 6.07) is -0.926. The van der Waals surface area contributed by atoms with Crippen LogP contribution in [0, 0.1) is 0 Å². The highest BCUT2D eigenvalue weighted by atomic mass is 32.2. The first-order valence-corrected chi connectivity index (χ1v) is 14.2. The summed E-state index contributed by atoms with van der Waals surface area (Å²) in [4.78, 5) is 48.9. The third kappa shape index (κ3) is 5.88. The molecule has 4 rings (SSSR count). The summed E-state index contributed by atoms with van der Waals surface area (Å²) in [6.07, 6.45) is 2.75. The number of nitrogens with zero attached hydrogens (tertiary/aromatic N) is 7. The second-order valence-electron chi connectivity index (χ2n) is 8.04. The van der Waals surface area contributed by atoms with Crippen molar-refractivity contribution in [2.45, 2.75) is 42.8 Å². The number of nitrogen functional groups attached to an aromatic ring is 1. The zero-order valence-corrected chi connectivity index (χ0v) is 22.4. The molecule has 4 N–H and O–H groups in total. The van der Waals surface area contributed by atoms with Crippen molar-refractivity contribution < 1.29 is 24.3 Å². The summed E-state index contributed by atoms with van der Waals surface area (Å²) < 4.78 is 1.48. The van der Waals surface area contributed by atoms with Crippen molar-refractivity contribution in [1.29, 1.82) is 0 Å². The van der Waals surface area contributed by atoms with Crippen LogP contribution >= 0.6 is 34.9 Å². The summed E-state index contributed by atoms with van der Waals surface area (Å²) in [5.74, 6) is -1.72. The van der Waals surface area contributed by atoms with Gasteiger partial charge in [0.25, 0.3) is 11.8 Å². The average Bonchev–Trinajstić information content (AvgIpc) is 3.49. The van der Waals surface area contributed by atoms with Gasteiger partial charge in [0.05, 0.1) is 0 Å². The van der Waals surface area contributed by atoms with Crippen LogP contribution in [0.25, 0.3) is 0 Å². The molecule has 2 amide bonds. The maximum Gasteiger partial charge on any atom is 0.352 e. The van der Waals surface area contributed by atoms with Gasteiger partial charge in [-0.05, 0) is 22.4 Å². The summed E-state index contributed by atoms with van der Waals surface area (Å²) in [6.45, 7) is 2.39. The van der Waals surface area contributed by atoms with Gasteiger partial charge in [0.1, 0.15) is 29.4 Å². The molecular formula is C20H25N9O5S3. The second kappa shape index (κ2) is 11.9. The van der Waals surface area contributed by atoms with Gasteiger partial charge in [-0.1, -0.05) is 36.7 Å². The Morgan fingerprint density at radius 3 is 2.86 bits per heavy atom. The van der Waals surface area contributed by atoms with Crippen molar-refractivity contribution in [3.05, 3.63) is 22.3 Å². The van der Waals surface area contributed by atoms with E-state index >= 15 is 0 Å². The Balaban J connectivity index is 1.46. The molecule has 0 spiro atoms. The summed E-state index contributed by atoms with van der Waals surface area (Å²) in [5.41, 5.74) is 6.35. The van der Waals surface area contributed by atoms with Gasteiger partial charge in [-0.2, -0.15) is 0 Å². The molecule has 2 aromatic rings. The second-order valence-corrected chi connectivity index (χ2v) is 11.0. The van der Waals surface area contributed by atoms with Crippen LogP contribution in [0.3, 0.4) is 0 Å². The van der Waals surface area contributed by atoms with Crippen LogP contribution in [0.4, 0.5) is 5.13 Å². The minimum Gasteiger partial charge on any atom is -0.477 e. The van der Waals surface area contributed by atoms with Crippen LogP contribution < -0.4 is 11.1 Å². The summed E-state index contributed by atoms with van der Waals surface area (Å²) in [5, 5.41) is 29.5. The molecular weight excluding hydrogens is 542 g/mol. The first-order chi connectivity index (χ1) is 17.8. The number of aryl methyl sites for hydroxylation is 1. The van der Waals surface area contributed by atoms with E-state index in [-0.39, 0.29) is 22.2 Å². The molecule has 4 heterocycles. The predicted octanol–water partition coefficient (Wildman–Crippen LogP) is 0.691. The largest absolute Gasteiger partial charge is 0.477 e. The zero-order valence-electron chi connectivity index (χ0n) is 20.0. The lowest BCUT2D eigenvalue weighted by Gasteiger charge is -2.49. The van der Waals surface area contributed by atoms with Crippen molar-refractivity contribution in [3.63, 3.8) is 0 Å². The fourth-order valence-electron chi connectivity index (χ4n) is 3.63. The van der Waals surface area contributed by atoms with Crippen molar-refractivity contribution >= 4 is 63.5 Å². The number of nitrogens with two attached hydrogens (primary N) is 1. The topological polar surface area (TPSA) is 191 Å². The van der Waals surface area contributed by atoms with Crippen molar-refractivity contribution in [1.82, 2.24) is 35.4 Å². The highest BCUT2D eigenvalue weighted by Crippen LogP contribution is 2.41. The van der Waals surface area contributed by atoms with Gasteiger partial charge >= 0.3 is 5.97 Å². The van der Waals surface area contributed by atoms with Crippen LogP contribution in [-0.4, -0.2) is 88.2 Å². The van der Waals surface area contributed by atoms with E-state index in [2.05, 4.69) is 37.9 Å². The molecule has 37 heavy (non-hydrogen) atoms. The molecule has 1 unspecified atom stereocenters. The molecule has 0 aliphatic carbocycles. The SMILES string of the molecule is CCCCCO/N=C(\C(=O)NC1C(=O)N2C(C(=O)O)=C(CSc3nnnn3C)CS[C@H]12)c1csc(N)n1. The highest BCUT2D eigenvalue weighted by Gasteiger charge is 2.54. The molecule has 0 bridgehead atoms. The lowest BCUT2D eigenvalue weighted by Crippen LogP contribution is -2.71. The number of carboxylic acid groups (broad SMARTS) is 1. The Morgan fingerprint density at radius 2 is 2.22 bits per heavy atom. The molecule has 2 aliphatic rings. The number of carbonyl (C=O) groups excluding carboxylic acids is 2.